The van der Waals surface area contributed by atoms with Gasteiger partial charge in [-0.15, -0.1) is 0 Å². The van der Waals surface area contributed by atoms with Crippen molar-refractivity contribution in [3.63, 3.8) is 0 Å². The normalized spacial score (nSPS) is 12.5. The van der Waals surface area contributed by atoms with E-state index in [-0.39, 0.29) is 12.5 Å². The number of fused-ring (bicyclic) bond motifs is 1. The number of carbonyl (C=O) groups excluding carboxylic acids is 1. The van der Waals surface area contributed by atoms with Gasteiger partial charge in [0.15, 0.2) is 0 Å². The van der Waals surface area contributed by atoms with Crippen molar-refractivity contribution >= 4 is 28.1 Å². The standard InChI is InChI=1S/C16H16N2O2S/c1-18-9-13(12-4-2-3-5-14(12)18)15(19)8-17-16(20)11-6-7-21-10-11/h2-7,9-10,15,19H,8H2,1H3,(H,17,20). The van der Waals surface area contributed by atoms with Crippen molar-refractivity contribution in [1.82, 2.24) is 9.88 Å². The first-order valence-electron chi connectivity index (χ1n) is 6.69. The van der Waals surface area contributed by atoms with Gasteiger partial charge in [0.05, 0.1) is 6.10 Å². The molecule has 0 saturated carbocycles. The van der Waals surface area contributed by atoms with Crippen LogP contribution in [0.3, 0.4) is 0 Å². The number of aromatic nitrogens is 1. The van der Waals surface area contributed by atoms with Crippen LogP contribution in [0.2, 0.25) is 0 Å². The summed E-state index contributed by atoms with van der Waals surface area (Å²) in [7, 11) is 1.95. The van der Waals surface area contributed by atoms with Crippen molar-refractivity contribution in [2.75, 3.05) is 6.54 Å². The van der Waals surface area contributed by atoms with Gasteiger partial charge in [-0.2, -0.15) is 11.3 Å². The van der Waals surface area contributed by atoms with E-state index >= 15 is 0 Å². The molecule has 0 aliphatic heterocycles. The molecule has 1 unspecified atom stereocenters. The molecule has 0 fully saturated rings. The lowest BCUT2D eigenvalue weighted by atomic mass is 10.1. The average Bonchev–Trinajstić information content (AvgIpc) is 3.13. The summed E-state index contributed by atoms with van der Waals surface area (Å²) in [5.41, 5.74) is 2.53. The summed E-state index contributed by atoms with van der Waals surface area (Å²) in [6.07, 6.45) is 1.19. The van der Waals surface area contributed by atoms with Crippen LogP contribution in [0.4, 0.5) is 0 Å². The number of nitrogens with one attached hydrogen (secondary N) is 1. The molecule has 0 aliphatic rings. The fourth-order valence-electron chi connectivity index (χ4n) is 2.43. The van der Waals surface area contributed by atoms with Gasteiger partial charge in [0.25, 0.3) is 5.91 Å². The molecule has 5 heteroatoms. The summed E-state index contributed by atoms with van der Waals surface area (Å²) >= 11 is 1.48. The average molecular weight is 300 g/mol. The quantitative estimate of drug-likeness (QED) is 0.778. The third-order valence-electron chi connectivity index (χ3n) is 3.53. The molecule has 0 radical (unpaired) electrons. The summed E-state index contributed by atoms with van der Waals surface area (Å²) < 4.78 is 1.98. The predicted molar refractivity (Wildman–Crippen MR) is 84.5 cm³/mol. The van der Waals surface area contributed by atoms with E-state index in [1.54, 1.807) is 11.4 Å². The monoisotopic (exact) mass is 300 g/mol. The molecule has 0 spiro atoms. The number of thiophene rings is 1. The molecule has 2 aromatic heterocycles. The van der Waals surface area contributed by atoms with Crippen molar-refractivity contribution in [3.8, 4) is 0 Å². The molecule has 0 saturated heterocycles. The highest BCUT2D eigenvalue weighted by Crippen LogP contribution is 2.25. The molecule has 3 aromatic rings. The van der Waals surface area contributed by atoms with Crippen LogP contribution in [0, 0.1) is 0 Å². The first kappa shape index (κ1) is 13.9. The minimum atomic E-state index is -0.723. The zero-order valence-electron chi connectivity index (χ0n) is 11.6. The second-order valence-electron chi connectivity index (χ2n) is 4.95. The van der Waals surface area contributed by atoms with Gasteiger partial charge in [0.1, 0.15) is 0 Å². The van der Waals surface area contributed by atoms with Crippen molar-refractivity contribution in [3.05, 3.63) is 58.4 Å². The Morgan fingerprint density at radius 2 is 2.19 bits per heavy atom. The number of aryl methyl sites for hydroxylation is 1. The van der Waals surface area contributed by atoms with E-state index in [1.165, 1.54) is 11.3 Å². The second kappa shape index (κ2) is 5.71. The molecule has 1 atom stereocenters. The maximum Gasteiger partial charge on any atom is 0.252 e. The fraction of sp³-hybridized carbons (Fsp3) is 0.188. The van der Waals surface area contributed by atoms with E-state index < -0.39 is 6.10 Å². The summed E-state index contributed by atoms with van der Waals surface area (Å²) in [5, 5.41) is 17.8. The Balaban J connectivity index is 1.75. The molecule has 0 bridgehead atoms. The van der Waals surface area contributed by atoms with Crippen LogP contribution in [0.5, 0.6) is 0 Å². The van der Waals surface area contributed by atoms with Gasteiger partial charge >= 0.3 is 0 Å². The zero-order valence-corrected chi connectivity index (χ0v) is 12.4. The highest BCUT2D eigenvalue weighted by molar-refractivity contribution is 7.08. The number of nitrogens with zero attached hydrogens (tertiary/aromatic N) is 1. The molecule has 3 rings (SSSR count). The van der Waals surface area contributed by atoms with Gasteiger partial charge in [-0.1, -0.05) is 18.2 Å². The number of rotatable bonds is 4. The van der Waals surface area contributed by atoms with Gasteiger partial charge in [-0.3, -0.25) is 4.79 Å². The first-order valence-corrected chi connectivity index (χ1v) is 7.63. The summed E-state index contributed by atoms with van der Waals surface area (Å²) in [6, 6.07) is 9.67. The van der Waals surface area contributed by atoms with Crippen molar-refractivity contribution < 1.29 is 9.90 Å². The Kier molecular flexibility index (Phi) is 3.77. The SMILES string of the molecule is Cn1cc(C(O)CNC(=O)c2ccsc2)c2ccccc21. The Labute approximate surface area is 126 Å². The van der Waals surface area contributed by atoms with E-state index in [2.05, 4.69) is 5.32 Å². The maximum atomic E-state index is 11.9. The number of benzene rings is 1. The van der Waals surface area contributed by atoms with Gasteiger partial charge in [0, 0.05) is 47.2 Å². The van der Waals surface area contributed by atoms with Crippen LogP contribution in [-0.4, -0.2) is 22.1 Å². The lowest BCUT2D eigenvalue weighted by molar-refractivity contribution is 0.0917. The second-order valence-corrected chi connectivity index (χ2v) is 5.73. The highest BCUT2D eigenvalue weighted by atomic mass is 32.1. The third kappa shape index (κ3) is 2.70. The highest BCUT2D eigenvalue weighted by Gasteiger charge is 2.15. The number of para-hydroxylation sites is 1. The Hall–Kier alpha value is -2.11. The van der Waals surface area contributed by atoms with Crippen LogP contribution in [-0.2, 0) is 7.05 Å². The largest absolute Gasteiger partial charge is 0.386 e. The van der Waals surface area contributed by atoms with Gasteiger partial charge in [-0.25, -0.2) is 0 Å². The number of aliphatic hydroxyl groups excluding tert-OH is 1. The lowest BCUT2D eigenvalue weighted by Crippen LogP contribution is -2.27. The van der Waals surface area contributed by atoms with Gasteiger partial charge in [-0.05, 0) is 17.5 Å². The van der Waals surface area contributed by atoms with Crippen LogP contribution in [0.25, 0.3) is 10.9 Å². The number of carbonyl (C=O) groups is 1. The van der Waals surface area contributed by atoms with E-state index in [0.29, 0.717) is 5.56 Å². The molecule has 108 valence electrons. The predicted octanol–water partition coefficient (Wildman–Crippen LogP) is 2.70. The minimum Gasteiger partial charge on any atom is -0.386 e. The number of hydrogen-bond donors (Lipinski definition) is 2. The van der Waals surface area contributed by atoms with E-state index in [4.69, 9.17) is 0 Å². The molecule has 1 aromatic carbocycles. The van der Waals surface area contributed by atoms with Crippen LogP contribution < -0.4 is 5.32 Å². The van der Waals surface area contributed by atoms with E-state index in [1.807, 2.05) is 47.5 Å². The fourth-order valence-corrected chi connectivity index (χ4v) is 3.07. The number of amides is 1. The van der Waals surface area contributed by atoms with Gasteiger partial charge < -0.3 is 15.0 Å². The lowest BCUT2D eigenvalue weighted by Gasteiger charge is -2.11. The molecule has 2 N–H and O–H groups in total. The minimum absolute atomic E-state index is 0.157. The number of aliphatic hydroxyl groups is 1. The maximum absolute atomic E-state index is 11.9. The Morgan fingerprint density at radius 1 is 1.38 bits per heavy atom. The zero-order chi connectivity index (χ0) is 14.8. The molecular formula is C16H16N2O2S. The van der Waals surface area contributed by atoms with E-state index in [9.17, 15) is 9.90 Å². The Bertz CT molecular complexity index is 762. The molecule has 0 aliphatic carbocycles. The first-order chi connectivity index (χ1) is 10.2. The van der Waals surface area contributed by atoms with Crippen molar-refractivity contribution in [1.29, 1.82) is 0 Å². The molecule has 1 amide bonds. The summed E-state index contributed by atoms with van der Waals surface area (Å²) in [5.74, 6) is -0.157. The molecular weight excluding hydrogens is 284 g/mol. The van der Waals surface area contributed by atoms with Crippen molar-refractivity contribution in [2.45, 2.75) is 6.10 Å². The molecule has 2 heterocycles. The Morgan fingerprint density at radius 3 is 2.95 bits per heavy atom. The van der Waals surface area contributed by atoms with Crippen molar-refractivity contribution in [2.24, 2.45) is 7.05 Å². The topological polar surface area (TPSA) is 54.3 Å². The third-order valence-corrected chi connectivity index (χ3v) is 4.21. The summed E-state index contributed by atoms with van der Waals surface area (Å²) in [4.78, 5) is 11.9. The van der Waals surface area contributed by atoms with Gasteiger partial charge in [0.2, 0.25) is 0 Å². The molecule has 4 nitrogen and oxygen atoms in total. The van der Waals surface area contributed by atoms with Crippen LogP contribution in [0.15, 0.2) is 47.3 Å². The number of hydrogen-bond acceptors (Lipinski definition) is 3. The van der Waals surface area contributed by atoms with E-state index in [0.717, 1.165) is 16.5 Å². The van der Waals surface area contributed by atoms with Crippen LogP contribution in [0.1, 0.15) is 22.0 Å². The van der Waals surface area contributed by atoms with Crippen LogP contribution >= 0.6 is 11.3 Å². The smallest absolute Gasteiger partial charge is 0.252 e. The summed E-state index contributed by atoms with van der Waals surface area (Å²) in [6.45, 7) is 0.197. The molecule has 21 heavy (non-hydrogen) atoms.